The summed E-state index contributed by atoms with van der Waals surface area (Å²) in [4.78, 5) is 38.0. The molecule has 10 heteroatoms. The number of aromatic amines is 1. The summed E-state index contributed by atoms with van der Waals surface area (Å²) in [6, 6.07) is 20.0. The lowest BCUT2D eigenvalue weighted by Crippen LogP contribution is -2.37. The highest BCUT2D eigenvalue weighted by Gasteiger charge is 2.21. The van der Waals surface area contributed by atoms with Crippen LogP contribution in [0.5, 0.6) is 5.88 Å². The van der Waals surface area contributed by atoms with Crippen molar-refractivity contribution >= 4 is 40.0 Å². The van der Waals surface area contributed by atoms with Crippen LogP contribution in [0.15, 0.2) is 71.7 Å². The van der Waals surface area contributed by atoms with E-state index in [9.17, 15) is 14.7 Å². The molecule has 0 aliphatic rings. The summed E-state index contributed by atoms with van der Waals surface area (Å²) >= 11 is 0. The summed E-state index contributed by atoms with van der Waals surface area (Å²) in [7, 11) is 4.88. The second kappa shape index (κ2) is 12.1. The van der Waals surface area contributed by atoms with Crippen molar-refractivity contribution in [2.45, 2.75) is 0 Å². The Hall–Kier alpha value is -4.54. The molecular formula is C28H30N6O4. The topological polar surface area (TPSA) is 132 Å². The fourth-order valence-electron chi connectivity index (χ4n) is 3.93. The first-order chi connectivity index (χ1) is 18.4. The molecule has 38 heavy (non-hydrogen) atoms. The van der Waals surface area contributed by atoms with Crippen LogP contribution in [0.1, 0.15) is 21.6 Å². The van der Waals surface area contributed by atoms with E-state index in [0.717, 1.165) is 17.8 Å². The first kappa shape index (κ1) is 26.5. The van der Waals surface area contributed by atoms with Crippen LogP contribution in [0.4, 0.5) is 11.4 Å². The van der Waals surface area contributed by atoms with Crippen LogP contribution in [0.3, 0.4) is 0 Å². The van der Waals surface area contributed by atoms with Crippen molar-refractivity contribution in [1.29, 1.82) is 0 Å². The fraction of sp³-hybridized carbons (Fsp3) is 0.214. The Labute approximate surface area is 220 Å². The van der Waals surface area contributed by atoms with Crippen molar-refractivity contribution in [2.75, 3.05) is 45.7 Å². The first-order valence-corrected chi connectivity index (χ1v) is 12.1. The lowest BCUT2D eigenvalue weighted by molar-refractivity contribution is -0.117. The number of hydrogen-bond donors (Lipinski definition) is 4. The molecule has 0 fully saturated rings. The third-order valence-electron chi connectivity index (χ3n) is 6.00. The van der Waals surface area contributed by atoms with E-state index in [0.29, 0.717) is 34.5 Å². The molecule has 2 aromatic carbocycles. The van der Waals surface area contributed by atoms with E-state index in [4.69, 9.17) is 9.73 Å². The van der Waals surface area contributed by atoms with E-state index in [1.807, 2.05) is 61.6 Å². The maximum atomic E-state index is 12.5. The summed E-state index contributed by atoms with van der Waals surface area (Å²) in [5.74, 6) is -0.744. The second-order valence-corrected chi connectivity index (χ2v) is 8.51. The fourth-order valence-corrected chi connectivity index (χ4v) is 3.93. The summed E-state index contributed by atoms with van der Waals surface area (Å²) < 4.78 is 4.76. The molecule has 4 rings (SSSR count). The number of fused-ring (bicyclic) bond motifs is 1. The molecule has 2 heterocycles. The number of aromatic nitrogens is 2. The van der Waals surface area contributed by atoms with Gasteiger partial charge in [0.25, 0.3) is 0 Å². The molecular weight excluding hydrogens is 484 g/mol. The van der Waals surface area contributed by atoms with Crippen LogP contribution in [0.2, 0.25) is 0 Å². The number of carbonyl (C=O) groups is 2. The predicted octanol–water partition coefficient (Wildman–Crippen LogP) is 3.00. The van der Waals surface area contributed by atoms with Gasteiger partial charge in [-0.25, -0.2) is 14.8 Å². The maximum Gasteiger partial charge on any atom is 0.356 e. The van der Waals surface area contributed by atoms with E-state index in [1.54, 1.807) is 24.1 Å². The zero-order valence-electron chi connectivity index (χ0n) is 21.5. The Morgan fingerprint density at radius 3 is 2.47 bits per heavy atom. The third kappa shape index (κ3) is 5.88. The highest BCUT2D eigenvalue weighted by molar-refractivity contribution is 6.21. The van der Waals surface area contributed by atoms with E-state index in [-0.39, 0.29) is 24.0 Å². The van der Waals surface area contributed by atoms with Crippen molar-refractivity contribution in [3.05, 3.63) is 83.6 Å². The van der Waals surface area contributed by atoms with Gasteiger partial charge in [0.2, 0.25) is 5.91 Å². The zero-order valence-corrected chi connectivity index (χ0v) is 21.5. The lowest BCUT2D eigenvalue weighted by Gasteiger charge is -2.18. The van der Waals surface area contributed by atoms with Gasteiger partial charge in [0.15, 0.2) is 11.6 Å². The maximum absolute atomic E-state index is 12.5. The molecule has 4 aromatic rings. The number of benzene rings is 2. The van der Waals surface area contributed by atoms with Crippen molar-refractivity contribution in [1.82, 2.24) is 20.6 Å². The molecule has 0 unspecified atom stereocenters. The van der Waals surface area contributed by atoms with Crippen molar-refractivity contribution in [3.8, 4) is 5.88 Å². The standard InChI is InChI=1S/C28H30N6O4/c1-29-15-16-30-17-23(35)34(2)20-11-9-19(10-12-20)31-25(18-7-5-4-6-8-18)24-21-13-14-22(28(37)38-3)32-26(21)33-27(24)36/h4-14,29-30,36H,15-17H2,1-3H3,(H,32,33). The third-order valence-corrected chi connectivity index (χ3v) is 6.00. The van der Waals surface area contributed by atoms with Crippen LogP contribution < -0.4 is 15.5 Å². The van der Waals surface area contributed by atoms with E-state index < -0.39 is 5.97 Å². The normalized spacial score (nSPS) is 11.5. The molecule has 2 aromatic heterocycles. The molecule has 0 aliphatic carbocycles. The largest absolute Gasteiger partial charge is 0.494 e. The highest BCUT2D eigenvalue weighted by atomic mass is 16.5. The quantitative estimate of drug-likeness (QED) is 0.145. The Morgan fingerprint density at radius 1 is 1.05 bits per heavy atom. The molecule has 0 saturated heterocycles. The molecule has 1 amide bonds. The number of hydrogen-bond acceptors (Lipinski definition) is 8. The van der Waals surface area contributed by atoms with Crippen LogP contribution in [0, 0.1) is 0 Å². The van der Waals surface area contributed by atoms with Gasteiger partial charge >= 0.3 is 5.97 Å². The molecule has 0 saturated carbocycles. The van der Waals surface area contributed by atoms with E-state index in [1.165, 1.54) is 7.11 Å². The number of methoxy groups -OCH3 is 1. The predicted molar refractivity (Wildman–Crippen MR) is 147 cm³/mol. The smallest absolute Gasteiger partial charge is 0.356 e. The van der Waals surface area contributed by atoms with Crippen molar-refractivity contribution in [2.24, 2.45) is 4.99 Å². The minimum absolute atomic E-state index is 0.0510. The van der Waals surface area contributed by atoms with Crippen LogP contribution in [0.25, 0.3) is 11.0 Å². The summed E-state index contributed by atoms with van der Waals surface area (Å²) in [6.45, 7) is 1.72. The SMILES string of the molecule is CNCCNCC(=O)N(C)c1ccc(N=C(c2ccccc2)c2c(O)[nH]c3nc(C(=O)OC)ccc23)cc1. The van der Waals surface area contributed by atoms with Gasteiger partial charge in [-0.2, -0.15) is 0 Å². The number of nitrogens with one attached hydrogen (secondary N) is 3. The molecule has 10 nitrogen and oxygen atoms in total. The number of aromatic hydroxyl groups is 1. The number of esters is 1. The number of carbonyl (C=O) groups excluding carboxylic acids is 2. The van der Waals surface area contributed by atoms with Gasteiger partial charge < -0.3 is 30.4 Å². The number of amides is 1. The lowest BCUT2D eigenvalue weighted by atomic mass is 10.0. The Bertz CT molecular complexity index is 1450. The number of H-pyrrole nitrogens is 1. The number of anilines is 1. The second-order valence-electron chi connectivity index (χ2n) is 8.51. The van der Waals surface area contributed by atoms with Crippen molar-refractivity contribution in [3.63, 3.8) is 0 Å². The minimum atomic E-state index is -0.572. The Balaban J connectivity index is 1.68. The number of rotatable bonds is 10. The van der Waals surface area contributed by atoms with E-state index in [2.05, 4.69) is 20.6 Å². The van der Waals surface area contributed by atoms with Gasteiger partial charge in [-0.15, -0.1) is 0 Å². The molecule has 0 atom stereocenters. The number of ether oxygens (including phenoxy) is 1. The molecule has 0 radical (unpaired) electrons. The van der Waals surface area contributed by atoms with E-state index >= 15 is 0 Å². The van der Waals surface area contributed by atoms with Gasteiger partial charge in [0.1, 0.15) is 5.65 Å². The number of nitrogens with zero attached hydrogens (tertiary/aromatic N) is 3. The van der Waals surface area contributed by atoms with Crippen LogP contribution in [-0.2, 0) is 9.53 Å². The van der Waals surface area contributed by atoms with Gasteiger partial charge in [0, 0.05) is 36.8 Å². The van der Waals surface area contributed by atoms with Crippen LogP contribution >= 0.6 is 0 Å². The van der Waals surface area contributed by atoms with Crippen molar-refractivity contribution < 1.29 is 19.4 Å². The average molecular weight is 515 g/mol. The molecule has 0 aliphatic heterocycles. The molecule has 0 bridgehead atoms. The number of pyridine rings is 1. The number of aliphatic imine (C=N–C) groups is 1. The summed E-state index contributed by atoms with van der Waals surface area (Å²) in [6.07, 6.45) is 0. The summed E-state index contributed by atoms with van der Waals surface area (Å²) in [5, 5.41) is 17.6. The number of likely N-dealkylation sites (N-methyl/N-ethyl adjacent to an activating group) is 2. The van der Waals surface area contributed by atoms with Gasteiger partial charge in [-0.1, -0.05) is 30.3 Å². The minimum Gasteiger partial charge on any atom is -0.494 e. The molecule has 4 N–H and O–H groups in total. The monoisotopic (exact) mass is 514 g/mol. The molecule has 0 spiro atoms. The van der Waals surface area contributed by atoms with Gasteiger partial charge in [-0.3, -0.25) is 4.79 Å². The van der Waals surface area contributed by atoms with Crippen LogP contribution in [-0.4, -0.2) is 73.5 Å². The first-order valence-electron chi connectivity index (χ1n) is 12.1. The van der Waals surface area contributed by atoms with Gasteiger partial charge in [0.05, 0.1) is 30.6 Å². The molecule has 196 valence electrons. The van der Waals surface area contributed by atoms with Gasteiger partial charge in [-0.05, 0) is 43.4 Å². The Kier molecular flexibility index (Phi) is 8.47. The highest BCUT2D eigenvalue weighted by Crippen LogP contribution is 2.31. The average Bonchev–Trinajstić information content (AvgIpc) is 3.28. The zero-order chi connectivity index (χ0) is 27.1. The summed E-state index contributed by atoms with van der Waals surface area (Å²) in [5.41, 5.74) is 3.59. The Morgan fingerprint density at radius 2 is 1.79 bits per heavy atom.